The Kier molecular flexibility index (Phi) is 3.36. The van der Waals surface area contributed by atoms with Crippen LogP contribution < -0.4 is 5.32 Å². The van der Waals surface area contributed by atoms with Gasteiger partial charge in [0.15, 0.2) is 0 Å². The van der Waals surface area contributed by atoms with E-state index in [0.717, 1.165) is 23.4 Å². The van der Waals surface area contributed by atoms with Crippen molar-refractivity contribution in [3.63, 3.8) is 0 Å². The van der Waals surface area contributed by atoms with Crippen molar-refractivity contribution in [3.05, 3.63) is 28.5 Å². The highest BCUT2D eigenvalue weighted by atomic mass is 79.9. The molecule has 15 heavy (non-hydrogen) atoms. The minimum atomic E-state index is -0.0943. The minimum absolute atomic E-state index is 0.0943. The summed E-state index contributed by atoms with van der Waals surface area (Å²) in [6, 6.07) is 3.62. The lowest BCUT2D eigenvalue weighted by atomic mass is 10.3. The molecule has 0 radical (unpaired) electrons. The van der Waals surface area contributed by atoms with Gasteiger partial charge < -0.3 is 5.32 Å². The molecule has 1 N–H and O–H groups in total. The number of halogens is 1. The topological polar surface area (TPSA) is 42.0 Å². The maximum atomic E-state index is 11.7. The largest absolute Gasteiger partial charge is 0.351 e. The van der Waals surface area contributed by atoms with Gasteiger partial charge in [-0.3, -0.25) is 4.79 Å². The third-order valence-corrected chi connectivity index (χ3v) is 3.15. The van der Waals surface area contributed by atoms with E-state index >= 15 is 0 Å². The average Bonchev–Trinajstić information content (AvgIpc) is 3.02. The lowest BCUT2D eigenvalue weighted by molar-refractivity contribution is 0.0947. The molecule has 0 aromatic carbocycles. The van der Waals surface area contributed by atoms with Crippen LogP contribution in [0.2, 0.25) is 0 Å². The highest BCUT2D eigenvalue weighted by Crippen LogP contribution is 2.31. The summed E-state index contributed by atoms with van der Waals surface area (Å²) in [5, 5.41) is 2.88. The predicted octanol–water partition coefficient (Wildman–Crippen LogP) is 2.37. The van der Waals surface area contributed by atoms with Crippen molar-refractivity contribution < 1.29 is 4.79 Å². The maximum absolute atomic E-state index is 11.7. The number of pyridine rings is 1. The zero-order chi connectivity index (χ0) is 10.7. The summed E-state index contributed by atoms with van der Waals surface area (Å²) in [4.78, 5) is 15.7. The number of nitrogens with one attached hydrogen (secondary N) is 1. The maximum Gasteiger partial charge on any atom is 0.271 e. The summed E-state index contributed by atoms with van der Waals surface area (Å²) in [7, 11) is 0. The second-order valence-electron chi connectivity index (χ2n) is 3.82. The second kappa shape index (κ2) is 4.75. The second-order valence-corrected chi connectivity index (χ2v) is 4.68. The Labute approximate surface area is 97.4 Å². The minimum Gasteiger partial charge on any atom is -0.351 e. The summed E-state index contributed by atoms with van der Waals surface area (Å²) in [5.41, 5.74) is 0.466. The first-order valence-electron chi connectivity index (χ1n) is 5.16. The molecule has 1 aromatic rings. The smallest absolute Gasteiger partial charge is 0.271 e. The van der Waals surface area contributed by atoms with E-state index in [-0.39, 0.29) is 5.91 Å². The zero-order valence-electron chi connectivity index (χ0n) is 8.37. The fourth-order valence-electron chi connectivity index (χ4n) is 1.43. The van der Waals surface area contributed by atoms with Crippen LogP contribution >= 0.6 is 15.9 Å². The molecule has 1 amide bonds. The fourth-order valence-corrected chi connectivity index (χ4v) is 1.87. The normalized spacial score (nSPS) is 15.0. The molecule has 0 bridgehead atoms. The van der Waals surface area contributed by atoms with E-state index in [2.05, 4.69) is 26.2 Å². The van der Waals surface area contributed by atoms with Crippen molar-refractivity contribution in [2.24, 2.45) is 5.92 Å². The molecule has 0 unspecified atom stereocenters. The first-order valence-corrected chi connectivity index (χ1v) is 5.95. The molecule has 1 saturated carbocycles. The van der Waals surface area contributed by atoms with Gasteiger partial charge >= 0.3 is 0 Å². The molecule has 1 aliphatic carbocycles. The van der Waals surface area contributed by atoms with Gasteiger partial charge in [0, 0.05) is 17.2 Å². The van der Waals surface area contributed by atoms with Crippen molar-refractivity contribution in [2.75, 3.05) is 6.54 Å². The lowest BCUT2D eigenvalue weighted by Gasteiger charge is -2.04. The van der Waals surface area contributed by atoms with Gasteiger partial charge in [0.1, 0.15) is 5.69 Å². The molecule has 2 rings (SSSR count). The van der Waals surface area contributed by atoms with Crippen LogP contribution in [-0.4, -0.2) is 17.4 Å². The number of carbonyl (C=O) groups excluding carboxylic acids is 1. The van der Waals surface area contributed by atoms with Crippen LogP contribution in [0.3, 0.4) is 0 Å². The fraction of sp³-hybridized carbons (Fsp3) is 0.455. The lowest BCUT2D eigenvalue weighted by Crippen LogP contribution is -2.25. The molecule has 0 saturated heterocycles. The van der Waals surface area contributed by atoms with Crippen LogP contribution in [-0.2, 0) is 0 Å². The summed E-state index contributed by atoms with van der Waals surface area (Å²) in [6.07, 6.45) is 5.36. The Hall–Kier alpha value is -0.900. The van der Waals surface area contributed by atoms with Gasteiger partial charge in [-0.2, -0.15) is 0 Å². The van der Waals surface area contributed by atoms with E-state index in [9.17, 15) is 4.79 Å². The first-order chi connectivity index (χ1) is 7.27. The van der Waals surface area contributed by atoms with E-state index in [4.69, 9.17) is 0 Å². The van der Waals surface area contributed by atoms with Crippen LogP contribution in [0.15, 0.2) is 22.8 Å². The van der Waals surface area contributed by atoms with Gasteiger partial charge in [-0.15, -0.1) is 0 Å². The zero-order valence-corrected chi connectivity index (χ0v) is 9.96. The summed E-state index contributed by atoms with van der Waals surface area (Å²) in [5.74, 6) is 0.751. The number of carbonyl (C=O) groups is 1. The number of rotatable bonds is 4. The molecule has 0 aliphatic heterocycles. The van der Waals surface area contributed by atoms with Crippen molar-refractivity contribution in [1.29, 1.82) is 0 Å². The van der Waals surface area contributed by atoms with Crippen molar-refractivity contribution >= 4 is 21.8 Å². The molecule has 3 nitrogen and oxygen atoms in total. The third-order valence-electron chi connectivity index (χ3n) is 2.51. The Morgan fingerprint density at radius 1 is 1.60 bits per heavy atom. The quantitative estimate of drug-likeness (QED) is 0.911. The monoisotopic (exact) mass is 268 g/mol. The number of amides is 1. The van der Waals surface area contributed by atoms with Gasteiger partial charge in [0.2, 0.25) is 0 Å². The molecule has 0 spiro atoms. The molecule has 80 valence electrons. The summed E-state index contributed by atoms with van der Waals surface area (Å²) >= 11 is 3.31. The molecule has 4 heteroatoms. The van der Waals surface area contributed by atoms with E-state index in [1.807, 2.05) is 6.07 Å². The van der Waals surface area contributed by atoms with Crippen LogP contribution in [0.4, 0.5) is 0 Å². The van der Waals surface area contributed by atoms with Crippen molar-refractivity contribution in [1.82, 2.24) is 10.3 Å². The first kappa shape index (κ1) is 10.6. The van der Waals surface area contributed by atoms with Crippen LogP contribution in [0.5, 0.6) is 0 Å². The molecule has 1 aliphatic rings. The summed E-state index contributed by atoms with van der Waals surface area (Å²) < 4.78 is 0.744. The molecular weight excluding hydrogens is 256 g/mol. The van der Waals surface area contributed by atoms with Crippen molar-refractivity contribution in [2.45, 2.75) is 19.3 Å². The predicted molar refractivity (Wildman–Crippen MR) is 61.6 cm³/mol. The van der Waals surface area contributed by atoms with E-state index in [0.29, 0.717) is 5.69 Å². The molecule has 1 heterocycles. The number of hydrogen-bond donors (Lipinski definition) is 1. The Bertz CT molecular complexity index is 363. The number of nitrogens with zero attached hydrogens (tertiary/aromatic N) is 1. The highest BCUT2D eigenvalue weighted by Gasteiger charge is 2.21. The van der Waals surface area contributed by atoms with Gasteiger partial charge in [0.05, 0.1) is 0 Å². The SMILES string of the molecule is O=C(NCCC1CC1)c1ncccc1Br. The molecule has 0 atom stereocenters. The van der Waals surface area contributed by atoms with E-state index < -0.39 is 0 Å². The molecule has 1 fully saturated rings. The van der Waals surface area contributed by atoms with Gasteiger partial charge in [-0.1, -0.05) is 12.8 Å². The van der Waals surface area contributed by atoms with Crippen molar-refractivity contribution in [3.8, 4) is 0 Å². The van der Waals surface area contributed by atoms with Gasteiger partial charge in [0.25, 0.3) is 5.91 Å². The summed E-state index contributed by atoms with van der Waals surface area (Å²) in [6.45, 7) is 0.756. The average molecular weight is 269 g/mol. The van der Waals surface area contributed by atoms with Crippen LogP contribution in [0.1, 0.15) is 29.8 Å². The number of hydrogen-bond acceptors (Lipinski definition) is 2. The van der Waals surface area contributed by atoms with E-state index in [1.165, 1.54) is 12.8 Å². The van der Waals surface area contributed by atoms with Crippen LogP contribution in [0, 0.1) is 5.92 Å². The Morgan fingerprint density at radius 2 is 2.40 bits per heavy atom. The Morgan fingerprint density at radius 3 is 3.07 bits per heavy atom. The number of aromatic nitrogens is 1. The van der Waals surface area contributed by atoms with E-state index in [1.54, 1.807) is 12.3 Å². The van der Waals surface area contributed by atoms with Crippen LogP contribution in [0.25, 0.3) is 0 Å². The highest BCUT2D eigenvalue weighted by molar-refractivity contribution is 9.10. The van der Waals surface area contributed by atoms with Gasteiger partial charge in [-0.25, -0.2) is 4.98 Å². The molecular formula is C11H13BrN2O. The third kappa shape index (κ3) is 3.02. The Balaban J connectivity index is 1.86. The molecule has 1 aromatic heterocycles. The van der Waals surface area contributed by atoms with Gasteiger partial charge in [-0.05, 0) is 40.4 Å². The standard InChI is InChI=1S/C11H13BrN2O/c12-9-2-1-6-13-10(9)11(15)14-7-5-8-3-4-8/h1-2,6,8H,3-5,7H2,(H,14,15).